The van der Waals surface area contributed by atoms with Gasteiger partial charge in [0.05, 0.1) is 10.5 Å². The number of nitrogens with two attached hydrogens (primary N) is 1. The number of H-pyrrole nitrogens is 1. The van der Waals surface area contributed by atoms with Crippen LogP contribution in [-0.4, -0.2) is 109 Å². The van der Waals surface area contributed by atoms with Gasteiger partial charge in [0.2, 0.25) is 17.5 Å². The standard InChI is InChI=1S/C32H40BrN5O5.C8H11NO2/c1-16(2)12-24-29(40)37-11-7-10-25(37)32(42)38(24)30(41)31(43-32,17(3)4)35-28(39)18-13-20-19-8-6-9-22-26(19)21(27(33)34-22)14-23(20)36(5)15-18;9-4-3-6-1-2-7(10)8(11)5-6/h6,8-9,13,16-18,23-25,34,42H,7,10-12,14-15H2,1-5H3,(H,35,39);1-2,5,10-11H,3-4,9H2/t18-,23-,24+,25+,31-,32+;/m1./s1. The number of hydrogen-bond acceptors (Lipinski definition) is 9. The molecule has 6 atom stereocenters. The lowest BCUT2D eigenvalue weighted by Crippen LogP contribution is -2.71. The molecule has 3 fully saturated rings. The van der Waals surface area contributed by atoms with Gasteiger partial charge < -0.3 is 36.3 Å². The van der Waals surface area contributed by atoms with E-state index in [-0.39, 0.29) is 35.3 Å². The van der Waals surface area contributed by atoms with Crippen molar-refractivity contribution in [3.63, 3.8) is 0 Å². The van der Waals surface area contributed by atoms with Crippen molar-refractivity contribution in [3.05, 3.63) is 63.8 Å². The summed E-state index contributed by atoms with van der Waals surface area (Å²) >= 11 is 3.70. The number of piperazine rings is 1. The van der Waals surface area contributed by atoms with E-state index in [1.54, 1.807) is 24.8 Å². The third kappa shape index (κ3) is 6.19. The Hall–Kier alpha value is -3.95. The maximum absolute atomic E-state index is 14.4. The van der Waals surface area contributed by atoms with Crippen molar-refractivity contribution in [1.29, 1.82) is 0 Å². The predicted molar refractivity (Wildman–Crippen MR) is 207 cm³/mol. The van der Waals surface area contributed by atoms with Gasteiger partial charge in [0.1, 0.15) is 12.1 Å². The summed E-state index contributed by atoms with van der Waals surface area (Å²) in [5.74, 6) is -4.19. The van der Waals surface area contributed by atoms with Gasteiger partial charge in [0, 0.05) is 36.0 Å². The fourth-order valence-corrected chi connectivity index (χ4v) is 9.61. The number of likely N-dealkylation sites (N-methyl/N-ethyl adjacent to an activating group) is 1. The minimum Gasteiger partial charge on any atom is -0.504 e. The summed E-state index contributed by atoms with van der Waals surface area (Å²) in [4.78, 5) is 50.8. The van der Waals surface area contributed by atoms with Crippen molar-refractivity contribution in [3.8, 4) is 11.5 Å². The van der Waals surface area contributed by atoms with E-state index in [1.165, 1.54) is 28.0 Å². The highest BCUT2D eigenvalue weighted by atomic mass is 79.9. The van der Waals surface area contributed by atoms with Crippen molar-refractivity contribution >= 4 is 50.1 Å². The molecule has 290 valence electrons. The number of nitrogens with zero attached hydrogens (tertiary/aromatic N) is 3. The number of hydrogen-bond donors (Lipinski definition) is 6. The topological polar surface area (TPSA) is 185 Å². The quantitative estimate of drug-likeness (QED) is 0.194. The number of phenols is 2. The molecular formula is C40H51BrN6O7. The number of benzene rings is 2. The number of rotatable bonds is 7. The lowest BCUT2D eigenvalue weighted by molar-refractivity contribution is -0.322. The highest BCUT2D eigenvalue weighted by molar-refractivity contribution is 9.10. The van der Waals surface area contributed by atoms with Crippen LogP contribution in [0, 0.1) is 17.8 Å². The van der Waals surface area contributed by atoms with Gasteiger partial charge in [-0.05, 0) is 108 Å². The van der Waals surface area contributed by atoms with Crippen LogP contribution in [0.2, 0.25) is 0 Å². The third-order valence-corrected chi connectivity index (χ3v) is 12.4. The van der Waals surface area contributed by atoms with E-state index in [4.69, 9.17) is 20.7 Å². The van der Waals surface area contributed by atoms with Crippen LogP contribution in [-0.2, 0) is 32.0 Å². The van der Waals surface area contributed by atoms with Gasteiger partial charge >= 0.3 is 0 Å². The van der Waals surface area contributed by atoms with E-state index in [2.05, 4.69) is 43.3 Å². The molecule has 4 aliphatic heterocycles. The molecule has 0 radical (unpaired) electrons. The summed E-state index contributed by atoms with van der Waals surface area (Å²) < 4.78 is 7.43. The van der Waals surface area contributed by atoms with E-state index in [0.29, 0.717) is 38.9 Å². The molecule has 0 bridgehead atoms. The maximum atomic E-state index is 14.4. The van der Waals surface area contributed by atoms with Crippen molar-refractivity contribution in [2.24, 2.45) is 23.5 Å². The second-order valence-electron chi connectivity index (χ2n) is 16.0. The van der Waals surface area contributed by atoms with Crippen LogP contribution in [0.1, 0.15) is 63.6 Å². The highest BCUT2D eigenvalue weighted by Gasteiger charge is 2.72. The summed E-state index contributed by atoms with van der Waals surface area (Å²) in [6.07, 6.45) is 5.20. The minimum absolute atomic E-state index is 0.0871. The van der Waals surface area contributed by atoms with Crippen LogP contribution in [0.4, 0.5) is 0 Å². The molecule has 0 spiro atoms. The molecule has 3 saturated heterocycles. The molecule has 2 aromatic carbocycles. The van der Waals surface area contributed by atoms with E-state index >= 15 is 0 Å². The first-order valence-corrected chi connectivity index (χ1v) is 19.7. The molecule has 1 aliphatic carbocycles. The van der Waals surface area contributed by atoms with Gasteiger partial charge in [-0.15, -0.1) is 0 Å². The average molecular weight is 808 g/mol. The van der Waals surface area contributed by atoms with Gasteiger partial charge in [-0.1, -0.05) is 52.0 Å². The van der Waals surface area contributed by atoms with Crippen LogP contribution in [0.25, 0.3) is 16.5 Å². The largest absolute Gasteiger partial charge is 0.504 e. The number of fused-ring (bicyclic) bond motifs is 5. The molecule has 13 nitrogen and oxygen atoms in total. The molecule has 5 heterocycles. The maximum Gasteiger partial charge on any atom is 0.281 e. The average Bonchev–Trinajstić information content (AvgIpc) is 3.80. The van der Waals surface area contributed by atoms with Gasteiger partial charge in [-0.3, -0.25) is 28.9 Å². The number of phenolic OH excluding ortho intramolecular Hbond substituents is 2. The third-order valence-electron chi connectivity index (χ3n) is 11.7. The van der Waals surface area contributed by atoms with E-state index < -0.39 is 41.5 Å². The molecule has 0 saturated carbocycles. The number of nitrogens with one attached hydrogen (secondary N) is 2. The Morgan fingerprint density at radius 2 is 1.91 bits per heavy atom. The SMILES string of the molecule is CC(C)C[C@H]1C(=O)N2CCC[C@H]2[C@]2(O)O[C@](NC(=O)[C@@H]3C=C4c5cccc6[nH]c(Br)c(c56)C[C@H]4N(C)C3)(C(C)C)C(=O)N12.NCCc1ccc(O)c(O)c1. The first-order chi connectivity index (χ1) is 25.6. The number of halogens is 1. The first kappa shape index (κ1) is 38.3. The minimum atomic E-state index is -2.01. The van der Waals surface area contributed by atoms with E-state index in [0.717, 1.165) is 39.7 Å². The number of aromatic hydroxyl groups is 2. The number of carbonyl (C=O) groups excluding carboxylic acids is 3. The van der Waals surface area contributed by atoms with Gasteiger partial charge in [0.25, 0.3) is 11.8 Å². The van der Waals surface area contributed by atoms with Crippen LogP contribution in [0.3, 0.4) is 0 Å². The summed E-state index contributed by atoms with van der Waals surface area (Å²) in [5.41, 5.74) is 8.91. The van der Waals surface area contributed by atoms with Crippen molar-refractivity contribution in [2.45, 2.75) is 89.6 Å². The number of aliphatic hydroxyl groups is 1. The van der Waals surface area contributed by atoms with Crippen LogP contribution in [0.5, 0.6) is 11.5 Å². The normalized spacial score (nSPS) is 28.9. The monoisotopic (exact) mass is 806 g/mol. The molecule has 0 unspecified atom stereocenters. The Morgan fingerprint density at radius 3 is 2.59 bits per heavy atom. The van der Waals surface area contributed by atoms with E-state index in [9.17, 15) is 19.5 Å². The molecule has 3 aromatic rings. The molecule has 54 heavy (non-hydrogen) atoms. The second kappa shape index (κ2) is 14.3. The highest BCUT2D eigenvalue weighted by Crippen LogP contribution is 2.49. The zero-order chi connectivity index (χ0) is 38.9. The molecule has 5 aliphatic rings. The van der Waals surface area contributed by atoms with Crippen LogP contribution in [0.15, 0.2) is 47.1 Å². The Labute approximate surface area is 323 Å². The summed E-state index contributed by atoms with van der Waals surface area (Å²) in [7, 11) is 2.03. The lowest BCUT2D eigenvalue weighted by Gasteiger charge is -2.49. The van der Waals surface area contributed by atoms with Crippen molar-refractivity contribution in [1.82, 2.24) is 25.0 Å². The molecule has 3 amide bonds. The number of ether oxygens (including phenoxy) is 1. The lowest BCUT2D eigenvalue weighted by atomic mass is 9.79. The molecule has 8 rings (SSSR count). The summed E-state index contributed by atoms with van der Waals surface area (Å²) in [5, 5.41) is 34.3. The van der Waals surface area contributed by atoms with Crippen molar-refractivity contribution < 1.29 is 34.4 Å². The Balaban J connectivity index is 0.000000353. The van der Waals surface area contributed by atoms with E-state index in [1.807, 2.05) is 33.0 Å². The fraction of sp³-hybridized carbons (Fsp3) is 0.525. The first-order valence-electron chi connectivity index (χ1n) is 18.9. The Bertz CT molecular complexity index is 2010. The zero-order valence-corrected chi connectivity index (χ0v) is 33.0. The number of aromatic amines is 1. The summed E-state index contributed by atoms with van der Waals surface area (Å²) in [6.45, 7) is 9.12. The number of aromatic nitrogens is 1. The molecule has 7 N–H and O–H groups in total. The summed E-state index contributed by atoms with van der Waals surface area (Å²) in [6, 6.07) is 9.48. The fourth-order valence-electron chi connectivity index (χ4n) is 9.04. The predicted octanol–water partition coefficient (Wildman–Crippen LogP) is 3.79. The zero-order valence-electron chi connectivity index (χ0n) is 31.4. The van der Waals surface area contributed by atoms with Crippen LogP contribution < -0.4 is 11.1 Å². The van der Waals surface area contributed by atoms with Gasteiger partial charge in [-0.25, -0.2) is 0 Å². The second-order valence-corrected chi connectivity index (χ2v) is 16.8. The number of amides is 3. The van der Waals surface area contributed by atoms with Gasteiger partial charge in [-0.2, -0.15) is 0 Å². The molecule has 14 heteroatoms. The Morgan fingerprint density at radius 1 is 1.15 bits per heavy atom. The van der Waals surface area contributed by atoms with Gasteiger partial charge in [0.15, 0.2) is 11.5 Å². The van der Waals surface area contributed by atoms with Crippen molar-refractivity contribution in [2.75, 3.05) is 26.7 Å². The number of carbonyl (C=O) groups is 3. The smallest absolute Gasteiger partial charge is 0.281 e. The molecular weight excluding hydrogens is 756 g/mol. The van der Waals surface area contributed by atoms with Crippen LogP contribution >= 0.6 is 15.9 Å². The molecule has 1 aromatic heterocycles. The Kier molecular flexibility index (Phi) is 10.1.